The second-order valence-electron chi connectivity index (χ2n) is 5.76. The highest BCUT2D eigenvalue weighted by Crippen LogP contribution is 2.31. The monoisotopic (exact) mass is 350 g/mol. The molecule has 0 aromatic heterocycles. The summed E-state index contributed by atoms with van der Waals surface area (Å²) < 4.78 is 32.8. The van der Waals surface area contributed by atoms with Crippen LogP contribution in [0.1, 0.15) is 24.2 Å². The quantitative estimate of drug-likeness (QED) is 0.534. The van der Waals surface area contributed by atoms with Crippen LogP contribution in [0.25, 0.3) is 0 Å². The van der Waals surface area contributed by atoms with Crippen LogP contribution in [-0.2, 0) is 4.74 Å². The predicted molar refractivity (Wildman–Crippen MR) is 81.8 cm³/mol. The molecule has 0 saturated carbocycles. The van der Waals surface area contributed by atoms with Crippen LogP contribution < -0.4 is 0 Å². The van der Waals surface area contributed by atoms with Gasteiger partial charge in [-0.05, 0) is 17.2 Å². The lowest BCUT2D eigenvalue weighted by atomic mass is 10.1. The molecular weight excluding hydrogens is 330 g/mol. The van der Waals surface area contributed by atoms with Gasteiger partial charge in [-0.25, -0.2) is 8.78 Å². The first-order chi connectivity index (χ1) is 8.75. The Morgan fingerprint density at radius 2 is 1.79 bits per heavy atom. The summed E-state index contributed by atoms with van der Waals surface area (Å²) in [6.45, 7) is 9.78. The van der Waals surface area contributed by atoms with Gasteiger partial charge in [-0.1, -0.05) is 48.9 Å². The maximum Gasteiger partial charge on any atom is 0.130 e. The first-order valence-corrected chi connectivity index (χ1v) is 10.2. The first-order valence-electron chi connectivity index (χ1n) is 6.41. The molecular formula is C14H21BrF2OSi. The molecule has 0 radical (unpaired) electrons. The molecule has 0 aliphatic carbocycles. The fourth-order valence-electron chi connectivity index (χ4n) is 1.49. The van der Waals surface area contributed by atoms with E-state index in [-0.39, 0.29) is 17.2 Å². The van der Waals surface area contributed by atoms with Crippen LogP contribution in [0.5, 0.6) is 0 Å². The van der Waals surface area contributed by atoms with Crippen molar-refractivity contribution >= 4 is 24.7 Å². The molecule has 1 rings (SSSR count). The fourth-order valence-corrected chi connectivity index (χ4v) is 2.56. The van der Waals surface area contributed by atoms with Gasteiger partial charge < -0.3 is 4.74 Å². The Morgan fingerprint density at radius 3 is 2.26 bits per heavy atom. The number of ether oxygens (including phenoxy) is 1. The first kappa shape index (κ1) is 16.8. The van der Waals surface area contributed by atoms with Crippen LogP contribution in [0.4, 0.5) is 8.78 Å². The number of benzene rings is 1. The summed E-state index contributed by atoms with van der Waals surface area (Å²) in [7, 11) is -0.825. The maximum atomic E-state index is 13.6. The summed E-state index contributed by atoms with van der Waals surface area (Å²) in [5.74, 6) is -1.08. The van der Waals surface area contributed by atoms with Crippen molar-refractivity contribution in [1.82, 2.24) is 0 Å². The molecule has 108 valence electrons. The molecule has 1 atom stereocenters. The molecule has 0 amide bonds. The lowest BCUT2D eigenvalue weighted by molar-refractivity contribution is 0.114. The Kier molecular flexibility index (Phi) is 6.14. The Morgan fingerprint density at radius 1 is 1.26 bits per heavy atom. The highest BCUT2D eigenvalue weighted by Gasteiger charge is 2.25. The maximum absolute atomic E-state index is 13.6. The van der Waals surface area contributed by atoms with Gasteiger partial charge in [-0.2, -0.15) is 0 Å². The van der Waals surface area contributed by atoms with Gasteiger partial charge in [-0.15, -0.1) is 0 Å². The zero-order valence-corrected chi connectivity index (χ0v) is 14.6. The third-order valence-electron chi connectivity index (χ3n) is 3.61. The van der Waals surface area contributed by atoms with E-state index in [1.165, 1.54) is 18.2 Å². The average Bonchev–Trinajstić information content (AvgIpc) is 2.28. The van der Waals surface area contributed by atoms with E-state index in [2.05, 4.69) is 42.9 Å². The second-order valence-corrected chi connectivity index (χ2v) is 10.7. The van der Waals surface area contributed by atoms with Crippen molar-refractivity contribution in [2.75, 3.05) is 13.2 Å². The summed E-state index contributed by atoms with van der Waals surface area (Å²) >= 11 is 3.30. The Labute approximate surface area is 124 Å². The highest BCUT2D eigenvalue weighted by atomic mass is 79.9. The molecule has 0 heterocycles. The van der Waals surface area contributed by atoms with Crippen LogP contribution in [0, 0.1) is 11.6 Å². The lowest BCUT2D eigenvalue weighted by Crippen LogP contribution is -2.27. The fraction of sp³-hybridized carbons (Fsp3) is 0.571. The molecule has 5 heteroatoms. The normalized spacial score (nSPS) is 13.9. The van der Waals surface area contributed by atoms with Gasteiger partial charge in [0, 0.05) is 21.0 Å². The molecule has 1 aromatic rings. The highest BCUT2D eigenvalue weighted by molar-refractivity contribution is 9.09. The molecule has 0 fully saturated rings. The van der Waals surface area contributed by atoms with Gasteiger partial charge in [0.2, 0.25) is 0 Å². The number of hydrogen-bond acceptors (Lipinski definition) is 1. The van der Waals surface area contributed by atoms with E-state index in [0.29, 0.717) is 6.61 Å². The van der Waals surface area contributed by atoms with Crippen molar-refractivity contribution in [3.8, 4) is 0 Å². The molecule has 0 aliphatic heterocycles. The predicted octanol–water partition coefficient (Wildman–Crippen LogP) is 4.68. The second kappa shape index (κ2) is 6.95. The molecule has 0 bridgehead atoms. The summed E-state index contributed by atoms with van der Waals surface area (Å²) in [4.78, 5) is -0.460. The molecule has 0 N–H and O–H groups in total. The van der Waals surface area contributed by atoms with Crippen LogP contribution in [0.15, 0.2) is 18.2 Å². The van der Waals surface area contributed by atoms with Crippen molar-refractivity contribution < 1.29 is 13.5 Å². The van der Waals surface area contributed by atoms with Gasteiger partial charge in [0.25, 0.3) is 0 Å². The molecule has 0 aliphatic rings. The van der Waals surface area contributed by atoms with E-state index >= 15 is 0 Å². The van der Waals surface area contributed by atoms with Crippen LogP contribution >= 0.6 is 15.9 Å². The van der Waals surface area contributed by atoms with Gasteiger partial charge >= 0.3 is 0 Å². The SMILES string of the molecule is C[SiH](C)C(C)(C)COCC(Br)c1c(F)cccc1F. The zero-order chi connectivity index (χ0) is 14.6. The molecule has 0 spiro atoms. The number of halogens is 3. The van der Waals surface area contributed by atoms with E-state index in [9.17, 15) is 8.78 Å². The van der Waals surface area contributed by atoms with Crippen LogP contribution in [-0.4, -0.2) is 22.0 Å². The summed E-state index contributed by atoms with van der Waals surface area (Å²) in [5, 5.41) is 0.181. The summed E-state index contributed by atoms with van der Waals surface area (Å²) in [6, 6.07) is 3.89. The van der Waals surface area contributed by atoms with Crippen molar-refractivity contribution in [3.05, 3.63) is 35.4 Å². The van der Waals surface area contributed by atoms with Crippen LogP contribution in [0.3, 0.4) is 0 Å². The van der Waals surface area contributed by atoms with E-state index in [0.717, 1.165) is 0 Å². The topological polar surface area (TPSA) is 9.23 Å². The molecule has 19 heavy (non-hydrogen) atoms. The van der Waals surface area contributed by atoms with Gasteiger partial charge in [0.1, 0.15) is 11.6 Å². The van der Waals surface area contributed by atoms with Crippen molar-refractivity contribution in [1.29, 1.82) is 0 Å². The smallest absolute Gasteiger partial charge is 0.130 e. The van der Waals surface area contributed by atoms with E-state index in [1.54, 1.807) is 0 Å². The minimum Gasteiger partial charge on any atom is -0.380 e. The van der Waals surface area contributed by atoms with Gasteiger partial charge in [0.05, 0.1) is 11.4 Å². The average molecular weight is 351 g/mol. The molecule has 1 unspecified atom stereocenters. The van der Waals surface area contributed by atoms with E-state index < -0.39 is 25.3 Å². The molecule has 0 saturated heterocycles. The Bertz CT molecular complexity index is 404. The van der Waals surface area contributed by atoms with Crippen molar-refractivity contribution in [2.24, 2.45) is 0 Å². The third-order valence-corrected chi connectivity index (χ3v) is 7.63. The third kappa shape index (κ3) is 4.65. The molecule has 1 aromatic carbocycles. The number of alkyl halides is 1. The Balaban J connectivity index is 2.59. The summed E-state index contributed by atoms with van der Waals surface area (Å²) in [6.07, 6.45) is 0. The van der Waals surface area contributed by atoms with Crippen molar-refractivity contribution in [3.63, 3.8) is 0 Å². The van der Waals surface area contributed by atoms with Crippen molar-refractivity contribution in [2.45, 2.75) is 36.8 Å². The lowest BCUT2D eigenvalue weighted by Gasteiger charge is -2.28. The minimum absolute atomic E-state index is 0.0436. The minimum atomic E-state index is -0.825. The standard InChI is InChI=1S/C14H21BrF2OSi/c1-14(2,19(3)4)9-18-8-10(15)13-11(16)6-5-7-12(13)17/h5-7,10,19H,8-9H2,1-4H3. The van der Waals surface area contributed by atoms with Crippen LogP contribution in [0.2, 0.25) is 18.1 Å². The summed E-state index contributed by atoms with van der Waals surface area (Å²) in [5.41, 5.74) is 0.0436. The van der Waals surface area contributed by atoms with Gasteiger partial charge in [-0.3, -0.25) is 0 Å². The molecule has 1 nitrogen and oxygen atoms in total. The number of rotatable bonds is 6. The Hall–Kier alpha value is -0.263. The largest absolute Gasteiger partial charge is 0.380 e. The van der Waals surface area contributed by atoms with E-state index in [1.807, 2.05) is 0 Å². The van der Waals surface area contributed by atoms with E-state index in [4.69, 9.17) is 4.74 Å². The van der Waals surface area contributed by atoms with Gasteiger partial charge in [0.15, 0.2) is 0 Å². The number of hydrogen-bond donors (Lipinski definition) is 0. The zero-order valence-electron chi connectivity index (χ0n) is 11.8.